The number of carbonyl (C=O) groups is 1. The second-order valence-electron chi connectivity index (χ2n) is 4.16. The number of quaternary nitrogens is 1. The molecule has 13 heavy (non-hydrogen) atoms. The first-order valence-corrected chi connectivity index (χ1v) is 4.23. The molecule has 0 fully saturated rings. The van der Waals surface area contributed by atoms with Crippen LogP contribution in [0.15, 0.2) is 0 Å². The van der Waals surface area contributed by atoms with E-state index >= 15 is 0 Å². The summed E-state index contributed by atoms with van der Waals surface area (Å²) in [6.07, 6.45) is 0.375. The Balaban J connectivity index is 3.83. The molecule has 0 radical (unpaired) electrons. The normalized spacial score (nSPS) is 14.2. The van der Waals surface area contributed by atoms with Gasteiger partial charge >= 0.3 is 5.97 Å². The highest BCUT2D eigenvalue weighted by Crippen LogP contribution is 2.04. The fourth-order valence-electron chi connectivity index (χ4n) is 1.10. The van der Waals surface area contributed by atoms with Gasteiger partial charge in [-0.3, -0.25) is 9.63 Å². The molecular formula is C8H19N2O3+. The monoisotopic (exact) mass is 191 g/mol. The first-order valence-electron chi connectivity index (χ1n) is 4.23. The predicted molar refractivity (Wildman–Crippen MR) is 48.8 cm³/mol. The molecule has 0 aliphatic heterocycles. The van der Waals surface area contributed by atoms with Crippen LogP contribution in [0.3, 0.4) is 0 Å². The summed E-state index contributed by atoms with van der Waals surface area (Å²) in [6.45, 7) is 0.712. The van der Waals surface area contributed by atoms with Crippen LogP contribution in [0.25, 0.3) is 0 Å². The topological polar surface area (TPSA) is 72.5 Å². The number of rotatable bonds is 6. The lowest BCUT2D eigenvalue weighted by atomic mass is 10.2. The molecule has 0 bridgehead atoms. The number of hydrogen-bond acceptors (Lipinski definition) is 3. The SMILES string of the molecule is C[N+](C)(C)CC(CCC(=O)O)ON. The molecule has 0 aliphatic rings. The van der Waals surface area contributed by atoms with E-state index in [9.17, 15) is 4.79 Å². The number of nitrogens with two attached hydrogens (primary N) is 1. The summed E-state index contributed by atoms with van der Waals surface area (Å²) in [4.78, 5) is 15.0. The van der Waals surface area contributed by atoms with E-state index in [0.29, 0.717) is 17.4 Å². The van der Waals surface area contributed by atoms with Crippen LogP contribution >= 0.6 is 0 Å². The lowest BCUT2D eigenvalue weighted by molar-refractivity contribution is -0.873. The molecule has 0 heterocycles. The lowest BCUT2D eigenvalue weighted by Gasteiger charge is -2.27. The van der Waals surface area contributed by atoms with Gasteiger partial charge in [0, 0.05) is 6.42 Å². The van der Waals surface area contributed by atoms with Gasteiger partial charge in [0.05, 0.1) is 21.1 Å². The van der Waals surface area contributed by atoms with Crippen molar-refractivity contribution in [1.29, 1.82) is 0 Å². The molecule has 0 aromatic heterocycles. The van der Waals surface area contributed by atoms with Crippen molar-refractivity contribution in [2.75, 3.05) is 27.7 Å². The van der Waals surface area contributed by atoms with Gasteiger partial charge in [-0.2, -0.15) is 0 Å². The summed E-state index contributed by atoms with van der Waals surface area (Å²) in [7, 11) is 6.02. The van der Waals surface area contributed by atoms with E-state index in [1.54, 1.807) is 0 Å². The van der Waals surface area contributed by atoms with Gasteiger partial charge in [-0.05, 0) is 6.42 Å². The zero-order chi connectivity index (χ0) is 10.5. The molecule has 78 valence electrons. The Hall–Kier alpha value is -0.650. The standard InChI is InChI=1S/C8H18N2O3/c1-10(2,3)6-7(13-9)4-5-8(11)12/h7H,4-6,9H2,1-3H3/p+1. The summed E-state index contributed by atoms with van der Waals surface area (Å²) in [5.41, 5.74) is 0. The Morgan fingerprint density at radius 3 is 2.38 bits per heavy atom. The first-order chi connectivity index (χ1) is 5.85. The minimum Gasteiger partial charge on any atom is -0.481 e. The fraction of sp³-hybridized carbons (Fsp3) is 0.875. The van der Waals surface area contributed by atoms with E-state index in [4.69, 9.17) is 15.8 Å². The van der Waals surface area contributed by atoms with E-state index in [-0.39, 0.29) is 12.5 Å². The smallest absolute Gasteiger partial charge is 0.303 e. The maximum absolute atomic E-state index is 10.3. The van der Waals surface area contributed by atoms with Crippen LogP contribution in [0.2, 0.25) is 0 Å². The highest BCUT2D eigenvalue weighted by Gasteiger charge is 2.18. The third-order valence-corrected chi connectivity index (χ3v) is 1.62. The maximum atomic E-state index is 10.3. The quantitative estimate of drug-likeness (QED) is 0.451. The van der Waals surface area contributed by atoms with E-state index in [1.807, 2.05) is 21.1 Å². The Bertz CT molecular complexity index is 165. The Morgan fingerprint density at radius 1 is 1.54 bits per heavy atom. The average molecular weight is 191 g/mol. The minimum atomic E-state index is -0.816. The zero-order valence-corrected chi connectivity index (χ0v) is 8.49. The molecule has 0 saturated heterocycles. The summed E-state index contributed by atoms with van der Waals surface area (Å²) in [5, 5.41) is 8.45. The molecule has 0 rings (SSSR count). The molecule has 5 heteroatoms. The van der Waals surface area contributed by atoms with Crippen molar-refractivity contribution in [3.05, 3.63) is 0 Å². The van der Waals surface area contributed by atoms with Crippen molar-refractivity contribution >= 4 is 5.97 Å². The van der Waals surface area contributed by atoms with E-state index in [0.717, 1.165) is 0 Å². The van der Waals surface area contributed by atoms with Crippen molar-refractivity contribution in [3.8, 4) is 0 Å². The summed E-state index contributed by atoms with van der Waals surface area (Å²) in [6, 6.07) is 0. The molecule has 0 saturated carbocycles. The van der Waals surface area contributed by atoms with Gasteiger partial charge in [-0.15, -0.1) is 0 Å². The van der Waals surface area contributed by atoms with Crippen molar-refractivity contribution in [3.63, 3.8) is 0 Å². The molecule has 0 aliphatic carbocycles. The lowest BCUT2D eigenvalue weighted by Crippen LogP contribution is -2.43. The third-order valence-electron chi connectivity index (χ3n) is 1.62. The van der Waals surface area contributed by atoms with Crippen molar-refractivity contribution < 1.29 is 19.2 Å². The molecule has 0 amide bonds. The van der Waals surface area contributed by atoms with Crippen molar-refractivity contribution in [2.24, 2.45) is 5.90 Å². The number of nitrogens with zero attached hydrogens (tertiary/aromatic N) is 1. The van der Waals surface area contributed by atoms with E-state index in [2.05, 4.69) is 0 Å². The molecule has 0 aromatic rings. The molecular weight excluding hydrogens is 172 g/mol. The van der Waals surface area contributed by atoms with Gasteiger partial charge in [-0.25, -0.2) is 5.90 Å². The van der Waals surface area contributed by atoms with Gasteiger partial charge in [0.15, 0.2) is 0 Å². The molecule has 1 unspecified atom stereocenters. The second kappa shape index (κ2) is 5.16. The predicted octanol–water partition coefficient (Wildman–Crippen LogP) is -0.184. The Labute approximate surface area is 78.6 Å². The molecule has 1 atom stereocenters. The largest absolute Gasteiger partial charge is 0.481 e. The number of aliphatic carboxylic acids is 1. The fourth-order valence-corrected chi connectivity index (χ4v) is 1.10. The third kappa shape index (κ3) is 7.70. The Kier molecular flexibility index (Phi) is 4.90. The van der Waals surface area contributed by atoms with Crippen molar-refractivity contribution in [1.82, 2.24) is 0 Å². The van der Waals surface area contributed by atoms with Gasteiger partial charge in [0.2, 0.25) is 0 Å². The summed E-state index contributed by atoms with van der Waals surface area (Å²) in [5.74, 6) is 4.25. The van der Waals surface area contributed by atoms with Crippen LogP contribution in [0.1, 0.15) is 12.8 Å². The molecule has 5 nitrogen and oxygen atoms in total. The highest BCUT2D eigenvalue weighted by molar-refractivity contribution is 5.66. The number of likely N-dealkylation sites (N-methyl/N-ethyl adjacent to an activating group) is 1. The minimum absolute atomic E-state index is 0.0991. The summed E-state index contributed by atoms with van der Waals surface area (Å²) < 4.78 is 0.710. The van der Waals surface area contributed by atoms with Gasteiger partial charge in [0.1, 0.15) is 12.6 Å². The van der Waals surface area contributed by atoms with Crippen LogP contribution < -0.4 is 5.90 Å². The van der Waals surface area contributed by atoms with Crippen LogP contribution in [0.5, 0.6) is 0 Å². The van der Waals surface area contributed by atoms with Crippen LogP contribution in [-0.4, -0.2) is 49.4 Å². The second-order valence-corrected chi connectivity index (χ2v) is 4.16. The van der Waals surface area contributed by atoms with E-state index in [1.165, 1.54) is 0 Å². The van der Waals surface area contributed by atoms with Gasteiger partial charge in [-0.1, -0.05) is 0 Å². The highest BCUT2D eigenvalue weighted by atomic mass is 16.6. The van der Waals surface area contributed by atoms with Crippen LogP contribution in [0.4, 0.5) is 0 Å². The van der Waals surface area contributed by atoms with Gasteiger partial charge < -0.3 is 9.59 Å². The van der Waals surface area contributed by atoms with Crippen molar-refractivity contribution in [2.45, 2.75) is 18.9 Å². The molecule has 0 spiro atoms. The first kappa shape index (κ1) is 12.3. The number of carboxylic acids is 1. The molecule has 0 aromatic carbocycles. The zero-order valence-electron chi connectivity index (χ0n) is 8.49. The maximum Gasteiger partial charge on any atom is 0.303 e. The van der Waals surface area contributed by atoms with Crippen LogP contribution in [0, 0.1) is 0 Å². The average Bonchev–Trinajstić information content (AvgIpc) is 1.95. The Morgan fingerprint density at radius 2 is 2.08 bits per heavy atom. The van der Waals surface area contributed by atoms with Crippen LogP contribution in [-0.2, 0) is 9.63 Å². The number of hydrogen-bond donors (Lipinski definition) is 2. The summed E-state index contributed by atoms with van der Waals surface area (Å²) >= 11 is 0. The van der Waals surface area contributed by atoms with Gasteiger partial charge in [0.25, 0.3) is 0 Å². The number of carboxylic acid groups (broad SMARTS) is 1. The van der Waals surface area contributed by atoms with E-state index < -0.39 is 5.97 Å². The molecule has 3 N–H and O–H groups in total.